The van der Waals surface area contributed by atoms with Gasteiger partial charge in [0.2, 0.25) is 0 Å². The Balaban J connectivity index is 3.50. The van der Waals surface area contributed by atoms with Crippen LogP contribution in [-0.2, 0) is 9.05 Å². The van der Waals surface area contributed by atoms with Crippen LogP contribution in [0.5, 0.6) is 0 Å². The Bertz CT molecular complexity index is 524. The summed E-state index contributed by atoms with van der Waals surface area (Å²) in [7, 11) is 0.915. The fourth-order valence-electron chi connectivity index (χ4n) is 0.920. The van der Waals surface area contributed by atoms with Gasteiger partial charge in [-0.05, 0) is 6.07 Å². The maximum Gasteiger partial charge on any atom is 0.271 e. The van der Waals surface area contributed by atoms with Gasteiger partial charge in [-0.25, -0.2) is 8.42 Å². The highest BCUT2D eigenvalue weighted by Gasteiger charge is 2.17. The summed E-state index contributed by atoms with van der Waals surface area (Å²) >= 11 is 0. The zero-order valence-corrected chi connectivity index (χ0v) is 8.66. The van der Waals surface area contributed by atoms with Crippen molar-refractivity contribution in [2.45, 2.75) is 4.90 Å². The molecule has 0 saturated carbocycles. The highest BCUT2D eigenvalue weighted by molar-refractivity contribution is 8.13. The maximum atomic E-state index is 10.9. The molecule has 1 aromatic carbocycles. The first-order chi connectivity index (χ1) is 6.84. The number of carbonyl (C=O) groups excluding carboxylic acids is 1. The van der Waals surface area contributed by atoms with E-state index >= 15 is 0 Å². The predicted molar refractivity (Wildman–Crippen MR) is 51.5 cm³/mol. The molecule has 0 spiro atoms. The van der Waals surface area contributed by atoms with Gasteiger partial charge in [0, 0.05) is 28.4 Å². The van der Waals surface area contributed by atoms with Gasteiger partial charge in [0.1, 0.15) is 6.29 Å². The number of hydrogen-bond donors (Lipinski definition) is 0. The molecular weight excluding hydrogens is 246 g/mol. The number of nitrogens with zero attached hydrogens (tertiary/aromatic N) is 1. The first kappa shape index (κ1) is 11.6. The van der Waals surface area contributed by atoms with Crippen LogP contribution >= 0.6 is 10.7 Å². The van der Waals surface area contributed by atoms with Gasteiger partial charge >= 0.3 is 0 Å². The molecule has 0 atom stereocenters. The van der Waals surface area contributed by atoms with Crippen LogP contribution < -0.4 is 0 Å². The molecule has 0 bridgehead atoms. The number of halogens is 1. The van der Waals surface area contributed by atoms with Gasteiger partial charge in [-0.15, -0.1) is 0 Å². The molecule has 1 aromatic rings. The Labute approximate surface area is 89.0 Å². The Kier molecular flexibility index (Phi) is 3.06. The van der Waals surface area contributed by atoms with Gasteiger partial charge in [-0.3, -0.25) is 14.9 Å². The van der Waals surface area contributed by atoms with E-state index in [1.165, 1.54) is 0 Å². The zero-order valence-electron chi connectivity index (χ0n) is 7.08. The molecule has 0 N–H and O–H groups in total. The van der Waals surface area contributed by atoms with Gasteiger partial charge in [-0.1, -0.05) is 0 Å². The standard InChI is InChI=1S/C7H4ClNO5S/c8-15(13,14)7-2-5(4-10)1-6(3-7)9(11)12/h1-4H. The SMILES string of the molecule is O=Cc1cc([N+](=O)[O-])cc(S(=O)(=O)Cl)c1. The van der Waals surface area contributed by atoms with Crippen molar-refractivity contribution in [2.75, 3.05) is 0 Å². The Hall–Kier alpha value is -1.47. The van der Waals surface area contributed by atoms with Crippen LogP contribution in [0.1, 0.15) is 10.4 Å². The first-order valence-corrected chi connectivity index (χ1v) is 5.85. The van der Waals surface area contributed by atoms with Gasteiger partial charge < -0.3 is 0 Å². The van der Waals surface area contributed by atoms with Crippen molar-refractivity contribution in [3.63, 3.8) is 0 Å². The molecule has 0 amide bonds. The molecule has 0 radical (unpaired) electrons. The average molecular weight is 250 g/mol. The van der Waals surface area contributed by atoms with E-state index in [0.717, 1.165) is 18.2 Å². The summed E-state index contributed by atoms with van der Waals surface area (Å²) in [6.07, 6.45) is 0.304. The van der Waals surface area contributed by atoms with E-state index in [4.69, 9.17) is 10.7 Å². The van der Waals surface area contributed by atoms with Crippen molar-refractivity contribution >= 4 is 31.7 Å². The smallest absolute Gasteiger partial charge is 0.271 e. The monoisotopic (exact) mass is 249 g/mol. The third-order valence-electron chi connectivity index (χ3n) is 1.54. The van der Waals surface area contributed by atoms with Crippen molar-refractivity contribution in [2.24, 2.45) is 0 Å². The number of hydrogen-bond acceptors (Lipinski definition) is 5. The summed E-state index contributed by atoms with van der Waals surface area (Å²) in [6.45, 7) is 0. The highest BCUT2D eigenvalue weighted by Crippen LogP contribution is 2.22. The van der Waals surface area contributed by atoms with Crippen LogP contribution in [0, 0.1) is 10.1 Å². The molecule has 15 heavy (non-hydrogen) atoms. The number of carbonyl (C=O) groups is 1. The van der Waals surface area contributed by atoms with Crippen molar-refractivity contribution in [1.29, 1.82) is 0 Å². The summed E-state index contributed by atoms with van der Waals surface area (Å²) in [5.41, 5.74) is -0.623. The maximum absolute atomic E-state index is 10.9. The number of nitro benzene ring substituents is 1. The lowest BCUT2D eigenvalue weighted by Crippen LogP contribution is -1.96. The van der Waals surface area contributed by atoms with Gasteiger partial charge in [-0.2, -0.15) is 0 Å². The number of benzene rings is 1. The largest absolute Gasteiger partial charge is 0.298 e. The summed E-state index contributed by atoms with van der Waals surface area (Å²) < 4.78 is 21.8. The Morgan fingerprint density at radius 3 is 2.33 bits per heavy atom. The molecule has 80 valence electrons. The van der Waals surface area contributed by atoms with Crippen LogP contribution in [0.3, 0.4) is 0 Å². The quantitative estimate of drug-likeness (QED) is 0.349. The molecule has 0 aliphatic heterocycles. The average Bonchev–Trinajstić information content (AvgIpc) is 2.15. The molecule has 0 aliphatic carbocycles. The lowest BCUT2D eigenvalue weighted by Gasteiger charge is -1.98. The van der Waals surface area contributed by atoms with Crippen LogP contribution in [0.4, 0.5) is 5.69 Å². The minimum Gasteiger partial charge on any atom is -0.298 e. The van der Waals surface area contributed by atoms with E-state index in [-0.39, 0.29) is 5.56 Å². The molecule has 6 nitrogen and oxygen atoms in total. The van der Waals surface area contributed by atoms with E-state index in [0.29, 0.717) is 6.29 Å². The third kappa shape index (κ3) is 2.74. The minimum absolute atomic E-state index is 0.122. The van der Waals surface area contributed by atoms with E-state index in [1.807, 2.05) is 0 Å². The zero-order chi connectivity index (χ0) is 11.6. The van der Waals surface area contributed by atoms with Crippen LogP contribution in [0.25, 0.3) is 0 Å². The van der Waals surface area contributed by atoms with Crippen molar-refractivity contribution in [1.82, 2.24) is 0 Å². The Morgan fingerprint density at radius 2 is 1.93 bits per heavy atom. The first-order valence-electron chi connectivity index (χ1n) is 3.54. The van der Waals surface area contributed by atoms with E-state index < -0.39 is 24.6 Å². The van der Waals surface area contributed by atoms with Gasteiger partial charge in [0.15, 0.2) is 0 Å². The second-order valence-electron chi connectivity index (χ2n) is 2.57. The molecule has 0 aromatic heterocycles. The fourth-order valence-corrected chi connectivity index (χ4v) is 1.73. The summed E-state index contributed by atoms with van der Waals surface area (Å²) in [4.78, 5) is 19.5. The highest BCUT2D eigenvalue weighted by atomic mass is 35.7. The number of rotatable bonds is 3. The Morgan fingerprint density at radius 1 is 1.33 bits per heavy atom. The summed E-state index contributed by atoms with van der Waals surface area (Å²) in [5.74, 6) is 0. The lowest BCUT2D eigenvalue weighted by atomic mass is 10.2. The number of nitro groups is 1. The predicted octanol–water partition coefficient (Wildman–Crippen LogP) is 1.33. The van der Waals surface area contributed by atoms with Crippen LogP contribution in [0.2, 0.25) is 0 Å². The summed E-state index contributed by atoms with van der Waals surface area (Å²) in [6, 6.07) is 2.70. The number of aldehydes is 1. The topological polar surface area (TPSA) is 94.3 Å². The third-order valence-corrected chi connectivity index (χ3v) is 2.88. The van der Waals surface area contributed by atoms with Crippen LogP contribution in [0.15, 0.2) is 23.1 Å². The molecule has 8 heteroatoms. The van der Waals surface area contributed by atoms with Gasteiger partial charge in [0.25, 0.3) is 14.7 Å². The van der Waals surface area contributed by atoms with E-state index in [2.05, 4.69) is 0 Å². The van der Waals surface area contributed by atoms with E-state index in [9.17, 15) is 23.3 Å². The molecule has 0 heterocycles. The van der Waals surface area contributed by atoms with Crippen LogP contribution in [-0.4, -0.2) is 19.6 Å². The van der Waals surface area contributed by atoms with Crippen molar-refractivity contribution in [3.8, 4) is 0 Å². The molecule has 0 unspecified atom stereocenters. The molecule has 0 aliphatic rings. The van der Waals surface area contributed by atoms with E-state index in [1.54, 1.807) is 0 Å². The lowest BCUT2D eigenvalue weighted by molar-refractivity contribution is -0.385. The minimum atomic E-state index is -4.08. The van der Waals surface area contributed by atoms with Crippen molar-refractivity contribution < 1.29 is 18.1 Å². The second-order valence-corrected chi connectivity index (χ2v) is 5.14. The summed E-state index contributed by atoms with van der Waals surface area (Å²) in [5, 5.41) is 10.4. The molecule has 0 saturated heterocycles. The molecule has 1 rings (SSSR count). The normalized spacial score (nSPS) is 11.0. The molecule has 0 fully saturated rings. The molecular formula is C7H4ClNO5S. The second kappa shape index (κ2) is 3.95. The number of non-ortho nitro benzene ring substituents is 1. The fraction of sp³-hybridized carbons (Fsp3) is 0. The van der Waals surface area contributed by atoms with Gasteiger partial charge in [0.05, 0.1) is 9.82 Å². The van der Waals surface area contributed by atoms with Crippen molar-refractivity contribution in [3.05, 3.63) is 33.9 Å².